The quantitative estimate of drug-likeness (QED) is 0.700. The number of carbonyl (C=O) groups excluding carboxylic acids is 1. The molecular formula is C16H23N3O3. The molecule has 0 saturated carbocycles. The molecule has 1 aliphatic heterocycles. The number of carboxylic acid groups (broad SMARTS) is 1. The molecule has 1 aromatic carbocycles. The van der Waals surface area contributed by atoms with Crippen LogP contribution in [-0.4, -0.2) is 42.8 Å². The van der Waals surface area contributed by atoms with E-state index in [1.54, 1.807) is 0 Å². The summed E-state index contributed by atoms with van der Waals surface area (Å²) in [6.45, 7) is 2.18. The largest absolute Gasteiger partial charge is 0.481 e. The van der Waals surface area contributed by atoms with E-state index in [-0.39, 0.29) is 18.5 Å². The molecule has 0 spiro atoms. The summed E-state index contributed by atoms with van der Waals surface area (Å²) in [4.78, 5) is 24.5. The van der Waals surface area contributed by atoms with Crippen LogP contribution in [0, 0.1) is 0 Å². The molecule has 6 nitrogen and oxygen atoms in total. The van der Waals surface area contributed by atoms with E-state index in [1.807, 2.05) is 18.2 Å². The van der Waals surface area contributed by atoms with Gasteiger partial charge in [0.2, 0.25) is 0 Å². The molecule has 1 aliphatic rings. The van der Waals surface area contributed by atoms with Gasteiger partial charge in [-0.2, -0.15) is 0 Å². The molecule has 3 N–H and O–H groups in total. The minimum Gasteiger partial charge on any atom is -0.481 e. The lowest BCUT2D eigenvalue weighted by Gasteiger charge is -2.34. The Morgan fingerprint density at radius 1 is 1.27 bits per heavy atom. The predicted octanol–water partition coefficient (Wildman–Crippen LogP) is 1.82. The van der Waals surface area contributed by atoms with Crippen molar-refractivity contribution in [1.29, 1.82) is 0 Å². The zero-order chi connectivity index (χ0) is 15.8. The van der Waals surface area contributed by atoms with Crippen LogP contribution in [-0.2, 0) is 4.79 Å². The Morgan fingerprint density at radius 2 is 2.05 bits per heavy atom. The van der Waals surface area contributed by atoms with Gasteiger partial charge in [-0.25, -0.2) is 4.79 Å². The molecule has 2 amide bonds. The third-order valence-electron chi connectivity index (χ3n) is 3.73. The summed E-state index contributed by atoms with van der Waals surface area (Å²) in [6, 6.07) is 10.1. The van der Waals surface area contributed by atoms with Crippen LogP contribution in [0.2, 0.25) is 0 Å². The van der Waals surface area contributed by atoms with E-state index in [1.165, 1.54) is 5.69 Å². The van der Waals surface area contributed by atoms with Gasteiger partial charge in [0.05, 0.1) is 0 Å². The molecule has 1 atom stereocenters. The van der Waals surface area contributed by atoms with Crippen LogP contribution in [0.1, 0.15) is 25.7 Å². The number of benzene rings is 1. The highest BCUT2D eigenvalue weighted by atomic mass is 16.4. The molecule has 1 unspecified atom stereocenters. The topological polar surface area (TPSA) is 81.7 Å². The maximum absolute atomic E-state index is 11.8. The number of piperidine rings is 1. The minimum absolute atomic E-state index is 0.0749. The van der Waals surface area contributed by atoms with Crippen LogP contribution >= 0.6 is 0 Å². The lowest BCUT2D eigenvalue weighted by Crippen LogP contribution is -2.50. The first-order chi connectivity index (χ1) is 10.6. The number of amides is 2. The van der Waals surface area contributed by atoms with Crippen molar-refractivity contribution in [2.45, 2.75) is 31.7 Å². The second kappa shape index (κ2) is 8.26. The van der Waals surface area contributed by atoms with Crippen molar-refractivity contribution in [3.05, 3.63) is 30.3 Å². The van der Waals surface area contributed by atoms with Gasteiger partial charge >= 0.3 is 12.0 Å². The molecule has 2 rings (SSSR count). The van der Waals surface area contributed by atoms with E-state index in [2.05, 4.69) is 27.7 Å². The lowest BCUT2D eigenvalue weighted by molar-refractivity contribution is -0.137. The van der Waals surface area contributed by atoms with Crippen molar-refractivity contribution < 1.29 is 14.7 Å². The van der Waals surface area contributed by atoms with Crippen LogP contribution in [0.4, 0.5) is 10.5 Å². The number of carbonyl (C=O) groups is 2. The maximum Gasteiger partial charge on any atom is 0.315 e. The Kier molecular flexibility index (Phi) is 6.06. The van der Waals surface area contributed by atoms with Crippen molar-refractivity contribution in [2.75, 3.05) is 24.5 Å². The van der Waals surface area contributed by atoms with Crippen molar-refractivity contribution in [3.8, 4) is 0 Å². The molecule has 0 aromatic heterocycles. The molecule has 1 fully saturated rings. The number of nitrogens with one attached hydrogen (secondary N) is 2. The Hall–Kier alpha value is -2.24. The third-order valence-corrected chi connectivity index (χ3v) is 3.73. The number of nitrogens with zero attached hydrogens (tertiary/aromatic N) is 1. The van der Waals surface area contributed by atoms with E-state index in [0.29, 0.717) is 13.0 Å². The van der Waals surface area contributed by atoms with Crippen LogP contribution < -0.4 is 15.5 Å². The Morgan fingerprint density at radius 3 is 2.77 bits per heavy atom. The first-order valence-electron chi connectivity index (χ1n) is 7.71. The van der Waals surface area contributed by atoms with Crippen molar-refractivity contribution in [1.82, 2.24) is 10.6 Å². The van der Waals surface area contributed by atoms with Crippen LogP contribution in [0.3, 0.4) is 0 Å². The number of urea groups is 1. The summed E-state index contributed by atoms with van der Waals surface area (Å²) in [5, 5.41) is 14.2. The Labute approximate surface area is 130 Å². The monoisotopic (exact) mass is 305 g/mol. The van der Waals surface area contributed by atoms with Gasteiger partial charge in [-0.1, -0.05) is 18.2 Å². The zero-order valence-corrected chi connectivity index (χ0v) is 12.6. The average Bonchev–Trinajstić information content (AvgIpc) is 2.52. The maximum atomic E-state index is 11.8. The van der Waals surface area contributed by atoms with E-state index < -0.39 is 5.97 Å². The fourth-order valence-corrected chi connectivity index (χ4v) is 2.65. The SMILES string of the molecule is O=C(O)CCCNC(=O)NC1CCCN(c2ccccc2)C1. The number of para-hydroxylation sites is 1. The highest BCUT2D eigenvalue weighted by Crippen LogP contribution is 2.19. The van der Waals surface area contributed by atoms with Gasteiger partial charge in [0.25, 0.3) is 0 Å². The summed E-state index contributed by atoms with van der Waals surface area (Å²) in [5.41, 5.74) is 1.18. The van der Waals surface area contributed by atoms with Gasteiger partial charge in [-0.3, -0.25) is 4.79 Å². The normalized spacial score (nSPS) is 17.8. The summed E-state index contributed by atoms with van der Waals surface area (Å²) >= 11 is 0. The minimum atomic E-state index is -0.840. The van der Waals surface area contributed by atoms with Crippen LogP contribution in [0.5, 0.6) is 0 Å². The van der Waals surface area contributed by atoms with Gasteiger partial charge < -0.3 is 20.6 Å². The van der Waals surface area contributed by atoms with E-state index >= 15 is 0 Å². The highest BCUT2D eigenvalue weighted by Gasteiger charge is 2.21. The molecule has 6 heteroatoms. The van der Waals surface area contributed by atoms with E-state index in [0.717, 1.165) is 25.9 Å². The van der Waals surface area contributed by atoms with Gasteiger partial charge in [-0.05, 0) is 31.4 Å². The summed E-state index contributed by atoms with van der Waals surface area (Å²) in [5.74, 6) is -0.840. The number of hydrogen-bond donors (Lipinski definition) is 3. The number of carboxylic acids is 1. The molecule has 0 aliphatic carbocycles. The Balaban J connectivity index is 1.73. The Bertz CT molecular complexity index is 493. The molecule has 1 aromatic rings. The number of hydrogen-bond acceptors (Lipinski definition) is 3. The van der Waals surface area contributed by atoms with Crippen molar-refractivity contribution >= 4 is 17.7 Å². The molecular weight excluding hydrogens is 282 g/mol. The molecule has 0 bridgehead atoms. The molecule has 1 saturated heterocycles. The van der Waals surface area contributed by atoms with Crippen molar-refractivity contribution in [3.63, 3.8) is 0 Å². The average molecular weight is 305 g/mol. The van der Waals surface area contributed by atoms with E-state index in [9.17, 15) is 9.59 Å². The molecule has 120 valence electrons. The fraction of sp³-hybridized carbons (Fsp3) is 0.500. The lowest BCUT2D eigenvalue weighted by atomic mass is 10.1. The van der Waals surface area contributed by atoms with Crippen LogP contribution in [0.15, 0.2) is 30.3 Å². The van der Waals surface area contributed by atoms with Gasteiger partial charge in [0.15, 0.2) is 0 Å². The second-order valence-electron chi connectivity index (χ2n) is 5.52. The first kappa shape index (κ1) is 16.1. The zero-order valence-electron chi connectivity index (χ0n) is 12.6. The van der Waals surface area contributed by atoms with Crippen LogP contribution in [0.25, 0.3) is 0 Å². The summed E-state index contributed by atoms with van der Waals surface area (Å²) < 4.78 is 0. The first-order valence-corrected chi connectivity index (χ1v) is 7.71. The van der Waals surface area contributed by atoms with Gasteiger partial charge in [0.1, 0.15) is 0 Å². The molecule has 1 heterocycles. The smallest absolute Gasteiger partial charge is 0.315 e. The highest BCUT2D eigenvalue weighted by molar-refractivity contribution is 5.74. The number of rotatable bonds is 6. The third kappa shape index (κ3) is 5.27. The van der Waals surface area contributed by atoms with E-state index in [4.69, 9.17) is 5.11 Å². The summed E-state index contributed by atoms with van der Waals surface area (Å²) in [6.07, 6.45) is 2.53. The summed E-state index contributed by atoms with van der Waals surface area (Å²) in [7, 11) is 0. The standard InChI is InChI=1S/C16H23N3O3/c20-15(21)9-4-10-17-16(22)18-13-6-5-11-19(12-13)14-7-2-1-3-8-14/h1-3,7-8,13H,4-6,9-12H2,(H,20,21)(H2,17,18,22). The molecule has 22 heavy (non-hydrogen) atoms. The second-order valence-corrected chi connectivity index (χ2v) is 5.52. The predicted molar refractivity (Wildman–Crippen MR) is 85.1 cm³/mol. The van der Waals surface area contributed by atoms with Gasteiger partial charge in [-0.15, -0.1) is 0 Å². The van der Waals surface area contributed by atoms with Gasteiger partial charge in [0, 0.05) is 37.8 Å². The number of aliphatic carboxylic acids is 1. The number of anilines is 1. The fourth-order valence-electron chi connectivity index (χ4n) is 2.65. The van der Waals surface area contributed by atoms with Crippen molar-refractivity contribution in [2.24, 2.45) is 0 Å². The molecule has 0 radical (unpaired) electrons.